The molecule has 9 nitrogen and oxygen atoms in total. The van der Waals surface area contributed by atoms with Crippen LogP contribution in [0.2, 0.25) is 0 Å². The Bertz CT molecular complexity index is 300. The zero-order valence-corrected chi connectivity index (χ0v) is 8.86. The molecular formula is C6H17Na3O9S. The van der Waals surface area contributed by atoms with Crippen molar-refractivity contribution in [3.8, 4) is 0 Å². The van der Waals surface area contributed by atoms with Crippen molar-refractivity contribution >= 4 is 99.1 Å². The maximum absolute atomic E-state index is 10.1. The van der Waals surface area contributed by atoms with Crippen molar-refractivity contribution in [3.63, 3.8) is 0 Å². The minimum absolute atomic E-state index is 0. The third-order valence-electron chi connectivity index (χ3n) is 1.71. The van der Waals surface area contributed by atoms with Crippen LogP contribution in [0.5, 0.6) is 0 Å². The Labute approximate surface area is 177 Å². The second-order valence-electron chi connectivity index (χ2n) is 3.01. The van der Waals surface area contributed by atoms with Crippen LogP contribution in [0.1, 0.15) is 0 Å². The van der Waals surface area contributed by atoms with Gasteiger partial charge in [-0.2, -0.15) is 8.42 Å². The third-order valence-corrected chi connectivity index (χ3v) is 2.15. The predicted octanol–water partition coefficient (Wildman–Crippen LogP) is -5.70. The van der Waals surface area contributed by atoms with Crippen LogP contribution in [0, 0.1) is 0 Å². The molecule has 0 bridgehead atoms. The Morgan fingerprint density at radius 2 is 1.26 bits per heavy atom. The molecule has 0 aromatic heterocycles. The van der Waals surface area contributed by atoms with Gasteiger partial charge in [0.05, 0.1) is 13.2 Å². The molecule has 104 valence electrons. The molecule has 0 saturated carbocycles. The third kappa shape index (κ3) is 14.0. The quantitative estimate of drug-likeness (QED) is 0.196. The zero-order chi connectivity index (χ0) is 12.9. The van der Waals surface area contributed by atoms with E-state index in [2.05, 4.69) is 4.18 Å². The second-order valence-corrected chi connectivity index (χ2v) is 4.10. The van der Waals surface area contributed by atoms with Crippen LogP contribution in [-0.2, 0) is 14.6 Å². The van der Waals surface area contributed by atoms with Crippen molar-refractivity contribution in [3.05, 3.63) is 0 Å². The van der Waals surface area contributed by atoms with Gasteiger partial charge in [0.15, 0.2) is 0 Å². The molecule has 0 aliphatic carbocycles. The van der Waals surface area contributed by atoms with Crippen molar-refractivity contribution in [2.24, 2.45) is 0 Å². The first-order valence-corrected chi connectivity index (χ1v) is 5.50. The molecule has 0 aliphatic heterocycles. The summed E-state index contributed by atoms with van der Waals surface area (Å²) in [6.07, 6.45) is -7.39. The molecule has 0 amide bonds. The zero-order valence-electron chi connectivity index (χ0n) is 8.04. The summed E-state index contributed by atoms with van der Waals surface area (Å²) in [6.45, 7) is -1.86. The number of hydrogen-bond donors (Lipinski definition) is 6. The Kier molecular flexibility index (Phi) is 22.3. The molecule has 0 spiro atoms. The fourth-order valence-electron chi connectivity index (χ4n) is 0.817. The van der Waals surface area contributed by atoms with Gasteiger partial charge in [-0.15, -0.1) is 0 Å². The number of hydrogen-bond acceptors (Lipinski definition) is 8. The molecule has 13 heteroatoms. The first kappa shape index (κ1) is 29.7. The summed E-state index contributed by atoms with van der Waals surface area (Å²) in [5.41, 5.74) is 0. The van der Waals surface area contributed by atoms with Crippen molar-refractivity contribution in [2.75, 3.05) is 13.2 Å². The first-order valence-electron chi connectivity index (χ1n) is 4.14. The van der Waals surface area contributed by atoms with Gasteiger partial charge in [0.1, 0.15) is 24.4 Å². The van der Waals surface area contributed by atoms with E-state index < -0.39 is 48.0 Å². The Morgan fingerprint density at radius 1 is 0.895 bits per heavy atom. The molecule has 0 unspecified atom stereocenters. The van der Waals surface area contributed by atoms with Gasteiger partial charge in [-0.25, -0.2) is 4.18 Å². The summed E-state index contributed by atoms with van der Waals surface area (Å²) >= 11 is 0. The van der Waals surface area contributed by atoms with Crippen molar-refractivity contribution in [1.82, 2.24) is 0 Å². The Morgan fingerprint density at radius 3 is 1.58 bits per heavy atom. The first-order chi connectivity index (χ1) is 7.19. The Hall–Kier alpha value is 2.67. The summed E-state index contributed by atoms with van der Waals surface area (Å²) in [7, 11) is -4.77. The standard InChI is InChI=1S/C6H14O9S.3Na.3H/c7-1-3(8)5(10)6(11)4(9)2-15-16(12,13)14;;;;;;/h3-11H,1-2H2,(H,12,13,14);;;;;;/t3-,4+,5+,6+;;;;;;/m0....../s1. The topological polar surface area (TPSA) is 165 Å². The van der Waals surface area contributed by atoms with E-state index >= 15 is 0 Å². The van der Waals surface area contributed by atoms with E-state index in [0.29, 0.717) is 0 Å². The van der Waals surface area contributed by atoms with E-state index in [1.807, 2.05) is 0 Å². The molecule has 0 heterocycles. The predicted molar refractivity (Wildman–Crippen MR) is 70.1 cm³/mol. The summed E-state index contributed by atoms with van der Waals surface area (Å²) in [4.78, 5) is 0. The van der Waals surface area contributed by atoms with Crippen LogP contribution in [0.4, 0.5) is 0 Å². The molecule has 0 rings (SSSR count). The van der Waals surface area contributed by atoms with Crippen LogP contribution in [-0.4, -0.2) is 165 Å². The van der Waals surface area contributed by atoms with E-state index in [0.717, 1.165) is 0 Å². The fraction of sp³-hybridized carbons (Fsp3) is 1.00. The molecule has 0 radical (unpaired) electrons. The summed E-state index contributed by atoms with van der Waals surface area (Å²) < 4.78 is 32.1. The summed E-state index contributed by atoms with van der Waals surface area (Å²) in [5, 5.41) is 44.7. The van der Waals surface area contributed by atoms with Crippen LogP contribution < -0.4 is 0 Å². The number of rotatable bonds is 7. The van der Waals surface area contributed by atoms with Gasteiger partial charge in [-0.1, -0.05) is 0 Å². The van der Waals surface area contributed by atoms with Gasteiger partial charge in [0, 0.05) is 0 Å². The molecule has 19 heavy (non-hydrogen) atoms. The van der Waals surface area contributed by atoms with E-state index in [-0.39, 0.29) is 88.7 Å². The van der Waals surface area contributed by atoms with Gasteiger partial charge in [0.25, 0.3) is 0 Å². The van der Waals surface area contributed by atoms with Crippen molar-refractivity contribution in [2.45, 2.75) is 24.4 Å². The van der Waals surface area contributed by atoms with E-state index in [4.69, 9.17) is 30.1 Å². The monoisotopic (exact) mass is 334 g/mol. The van der Waals surface area contributed by atoms with E-state index in [1.54, 1.807) is 0 Å². The van der Waals surface area contributed by atoms with E-state index in [1.165, 1.54) is 0 Å². The van der Waals surface area contributed by atoms with Gasteiger partial charge < -0.3 is 25.5 Å². The van der Waals surface area contributed by atoms with Crippen LogP contribution in [0.15, 0.2) is 0 Å². The molecule has 0 aliphatic rings. The fourth-order valence-corrected chi connectivity index (χ4v) is 1.13. The molecule has 0 aromatic carbocycles. The van der Waals surface area contributed by atoms with Gasteiger partial charge in [-0.3, -0.25) is 4.55 Å². The van der Waals surface area contributed by atoms with Crippen LogP contribution in [0.25, 0.3) is 0 Å². The van der Waals surface area contributed by atoms with Crippen LogP contribution >= 0.6 is 0 Å². The SMILES string of the molecule is O=S(=O)(O)OC[C@@H](O)[C@@H](O)[C@H](O)[C@@H](O)CO.[NaH].[NaH].[NaH]. The average molecular weight is 334 g/mol. The maximum atomic E-state index is 10.1. The number of aliphatic hydroxyl groups is 5. The molecule has 0 saturated heterocycles. The average Bonchev–Trinajstić information content (AvgIpc) is 2.21. The van der Waals surface area contributed by atoms with Crippen LogP contribution in [0.3, 0.4) is 0 Å². The molecular weight excluding hydrogens is 317 g/mol. The van der Waals surface area contributed by atoms with Gasteiger partial charge >= 0.3 is 99.1 Å². The molecule has 6 N–H and O–H groups in total. The summed E-state index contributed by atoms with van der Waals surface area (Å²) in [5.74, 6) is 0. The number of aliphatic hydroxyl groups excluding tert-OH is 5. The Balaban J connectivity index is -0.000000375. The van der Waals surface area contributed by atoms with Crippen molar-refractivity contribution in [1.29, 1.82) is 0 Å². The van der Waals surface area contributed by atoms with Crippen molar-refractivity contribution < 1.29 is 42.7 Å². The normalized spacial score (nSPS) is 16.9. The molecule has 0 aromatic rings. The second kappa shape index (κ2) is 14.3. The van der Waals surface area contributed by atoms with E-state index in [9.17, 15) is 8.42 Å². The minimum atomic E-state index is -4.77. The molecule has 0 fully saturated rings. The van der Waals surface area contributed by atoms with Gasteiger partial charge in [-0.05, 0) is 0 Å². The van der Waals surface area contributed by atoms with Gasteiger partial charge in [0.2, 0.25) is 0 Å². The molecule has 4 atom stereocenters. The summed E-state index contributed by atoms with van der Waals surface area (Å²) in [6, 6.07) is 0.